The highest BCUT2D eigenvalue weighted by Crippen LogP contribution is 2.11. The SMILES string of the molecule is NCCCCCNc1nc[nH]c(=O)c1Cl. The van der Waals surface area contributed by atoms with Gasteiger partial charge in [0.25, 0.3) is 5.56 Å². The van der Waals surface area contributed by atoms with Crippen LogP contribution in [0.1, 0.15) is 19.3 Å². The van der Waals surface area contributed by atoms with Crippen molar-refractivity contribution in [2.24, 2.45) is 5.73 Å². The Hall–Kier alpha value is -1.07. The molecule has 0 fully saturated rings. The Labute approximate surface area is 93.0 Å². The molecule has 1 aromatic heterocycles. The minimum absolute atomic E-state index is 0.108. The fourth-order valence-electron chi connectivity index (χ4n) is 1.16. The van der Waals surface area contributed by atoms with Gasteiger partial charge in [-0.25, -0.2) is 4.98 Å². The van der Waals surface area contributed by atoms with Crippen LogP contribution in [0.15, 0.2) is 11.1 Å². The van der Waals surface area contributed by atoms with Crippen LogP contribution in [0.25, 0.3) is 0 Å². The Morgan fingerprint density at radius 3 is 3.00 bits per heavy atom. The van der Waals surface area contributed by atoms with Gasteiger partial charge in [-0.15, -0.1) is 0 Å². The highest BCUT2D eigenvalue weighted by atomic mass is 35.5. The van der Waals surface area contributed by atoms with Gasteiger partial charge in [0.1, 0.15) is 5.02 Å². The fraction of sp³-hybridized carbons (Fsp3) is 0.556. The number of rotatable bonds is 6. The molecule has 84 valence electrons. The van der Waals surface area contributed by atoms with Crippen LogP contribution in [-0.2, 0) is 0 Å². The summed E-state index contributed by atoms with van der Waals surface area (Å²) >= 11 is 5.74. The van der Waals surface area contributed by atoms with Gasteiger partial charge in [0.2, 0.25) is 0 Å². The average molecular weight is 231 g/mol. The molecule has 0 saturated heterocycles. The molecule has 5 nitrogen and oxygen atoms in total. The number of unbranched alkanes of at least 4 members (excludes halogenated alkanes) is 2. The summed E-state index contributed by atoms with van der Waals surface area (Å²) in [6.07, 6.45) is 4.39. The Balaban J connectivity index is 2.38. The van der Waals surface area contributed by atoms with Crippen molar-refractivity contribution in [2.75, 3.05) is 18.4 Å². The van der Waals surface area contributed by atoms with Gasteiger partial charge in [0.05, 0.1) is 6.33 Å². The van der Waals surface area contributed by atoms with Gasteiger partial charge in [-0.1, -0.05) is 18.0 Å². The van der Waals surface area contributed by atoms with E-state index < -0.39 is 0 Å². The largest absolute Gasteiger partial charge is 0.369 e. The number of anilines is 1. The Bertz CT molecular complexity index is 352. The van der Waals surface area contributed by atoms with E-state index in [-0.39, 0.29) is 10.6 Å². The number of H-pyrrole nitrogens is 1. The maximum absolute atomic E-state index is 11.1. The van der Waals surface area contributed by atoms with E-state index >= 15 is 0 Å². The van der Waals surface area contributed by atoms with Crippen LogP contribution < -0.4 is 16.6 Å². The summed E-state index contributed by atoms with van der Waals surface area (Å²) in [5.41, 5.74) is 5.04. The molecule has 0 aliphatic rings. The predicted octanol–water partition coefficient (Wildman–Crippen LogP) is 0.964. The molecule has 1 aromatic rings. The number of aromatic nitrogens is 2. The number of nitrogens with one attached hydrogen (secondary N) is 2. The lowest BCUT2D eigenvalue weighted by molar-refractivity contribution is 0.706. The molecule has 0 unspecified atom stereocenters. The lowest BCUT2D eigenvalue weighted by atomic mass is 10.2. The van der Waals surface area contributed by atoms with E-state index in [1.807, 2.05) is 0 Å². The summed E-state index contributed by atoms with van der Waals surface area (Å²) in [7, 11) is 0. The second-order valence-corrected chi connectivity index (χ2v) is 3.55. The van der Waals surface area contributed by atoms with Gasteiger partial charge < -0.3 is 16.0 Å². The topological polar surface area (TPSA) is 83.8 Å². The second kappa shape index (κ2) is 6.42. The molecular formula is C9H15ClN4O. The molecule has 1 rings (SSSR count). The molecule has 0 atom stereocenters. The van der Waals surface area contributed by atoms with Crippen molar-refractivity contribution in [3.63, 3.8) is 0 Å². The third kappa shape index (κ3) is 3.89. The van der Waals surface area contributed by atoms with Gasteiger partial charge in [0.15, 0.2) is 5.82 Å². The molecule has 0 amide bonds. The lowest BCUT2D eigenvalue weighted by Crippen LogP contribution is -2.12. The first-order chi connectivity index (χ1) is 7.25. The summed E-state index contributed by atoms with van der Waals surface area (Å²) in [5, 5.41) is 3.12. The molecule has 0 aliphatic heterocycles. The maximum Gasteiger partial charge on any atom is 0.271 e. The van der Waals surface area contributed by atoms with Crippen LogP contribution >= 0.6 is 11.6 Å². The Morgan fingerprint density at radius 1 is 1.47 bits per heavy atom. The molecule has 1 heterocycles. The molecule has 4 N–H and O–H groups in total. The number of hydrogen-bond donors (Lipinski definition) is 3. The Kier molecular flexibility index (Phi) is 5.14. The zero-order valence-electron chi connectivity index (χ0n) is 8.42. The van der Waals surface area contributed by atoms with E-state index in [0.717, 1.165) is 25.8 Å². The number of nitrogens with zero attached hydrogens (tertiary/aromatic N) is 1. The second-order valence-electron chi connectivity index (χ2n) is 3.17. The van der Waals surface area contributed by atoms with Crippen LogP contribution in [0.5, 0.6) is 0 Å². The third-order valence-electron chi connectivity index (χ3n) is 1.97. The first kappa shape index (κ1) is 12.0. The summed E-state index contributed by atoms with van der Waals surface area (Å²) in [6.45, 7) is 1.46. The fourth-order valence-corrected chi connectivity index (χ4v) is 1.33. The highest BCUT2D eigenvalue weighted by molar-refractivity contribution is 6.32. The Morgan fingerprint density at radius 2 is 2.27 bits per heavy atom. The van der Waals surface area contributed by atoms with E-state index in [2.05, 4.69) is 15.3 Å². The molecule has 0 aromatic carbocycles. The molecule has 0 radical (unpaired) electrons. The number of aromatic amines is 1. The minimum Gasteiger partial charge on any atom is -0.369 e. The van der Waals surface area contributed by atoms with Crippen molar-refractivity contribution in [3.05, 3.63) is 21.7 Å². The first-order valence-corrected chi connectivity index (χ1v) is 5.30. The van der Waals surface area contributed by atoms with Gasteiger partial charge in [0, 0.05) is 6.54 Å². The van der Waals surface area contributed by atoms with Gasteiger partial charge >= 0.3 is 0 Å². The van der Waals surface area contributed by atoms with E-state index in [1.165, 1.54) is 6.33 Å². The highest BCUT2D eigenvalue weighted by Gasteiger charge is 2.03. The van der Waals surface area contributed by atoms with Crippen molar-refractivity contribution in [1.29, 1.82) is 0 Å². The first-order valence-electron chi connectivity index (χ1n) is 4.93. The summed E-state index contributed by atoms with van der Waals surface area (Å²) < 4.78 is 0. The van der Waals surface area contributed by atoms with Crippen molar-refractivity contribution >= 4 is 17.4 Å². The smallest absolute Gasteiger partial charge is 0.271 e. The molecule has 0 aliphatic carbocycles. The quantitative estimate of drug-likeness (QED) is 0.636. The third-order valence-corrected chi connectivity index (χ3v) is 2.32. The predicted molar refractivity (Wildman–Crippen MR) is 61.3 cm³/mol. The van der Waals surface area contributed by atoms with Crippen LogP contribution in [0, 0.1) is 0 Å². The summed E-state index contributed by atoms with van der Waals surface area (Å²) in [4.78, 5) is 17.4. The monoisotopic (exact) mass is 230 g/mol. The zero-order chi connectivity index (χ0) is 11.1. The van der Waals surface area contributed by atoms with Crippen LogP contribution in [-0.4, -0.2) is 23.1 Å². The number of nitrogens with two attached hydrogens (primary N) is 1. The van der Waals surface area contributed by atoms with Crippen molar-refractivity contribution in [2.45, 2.75) is 19.3 Å². The minimum atomic E-state index is -0.323. The van der Waals surface area contributed by atoms with Gasteiger partial charge in [-0.2, -0.15) is 0 Å². The molecule has 6 heteroatoms. The molecular weight excluding hydrogens is 216 g/mol. The van der Waals surface area contributed by atoms with Crippen LogP contribution in [0.2, 0.25) is 5.02 Å². The van der Waals surface area contributed by atoms with E-state index in [1.54, 1.807) is 0 Å². The molecule has 0 spiro atoms. The van der Waals surface area contributed by atoms with Crippen LogP contribution in [0.3, 0.4) is 0 Å². The average Bonchev–Trinajstić information content (AvgIpc) is 2.24. The van der Waals surface area contributed by atoms with Crippen molar-refractivity contribution in [1.82, 2.24) is 9.97 Å². The standard InChI is InChI=1S/C9H15ClN4O/c10-7-8(13-6-14-9(7)15)12-5-3-1-2-4-11/h6H,1-5,11H2,(H2,12,13,14,15). The summed E-state index contributed by atoms with van der Waals surface area (Å²) in [6, 6.07) is 0. The van der Waals surface area contributed by atoms with E-state index in [4.69, 9.17) is 17.3 Å². The lowest BCUT2D eigenvalue weighted by Gasteiger charge is -2.05. The normalized spacial score (nSPS) is 10.3. The summed E-state index contributed by atoms with van der Waals surface area (Å²) in [5.74, 6) is 0.438. The van der Waals surface area contributed by atoms with E-state index in [0.29, 0.717) is 12.4 Å². The number of halogens is 1. The molecule has 15 heavy (non-hydrogen) atoms. The van der Waals surface area contributed by atoms with Crippen molar-refractivity contribution in [3.8, 4) is 0 Å². The van der Waals surface area contributed by atoms with E-state index in [9.17, 15) is 4.79 Å². The molecule has 0 bridgehead atoms. The zero-order valence-corrected chi connectivity index (χ0v) is 9.18. The number of hydrogen-bond acceptors (Lipinski definition) is 4. The molecule has 0 saturated carbocycles. The van der Waals surface area contributed by atoms with Crippen LogP contribution in [0.4, 0.5) is 5.82 Å². The van der Waals surface area contributed by atoms with Crippen molar-refractivity contribution < 1.29 is 0 Å². The van der Waals surface area contributed by atoms with Gasteiger partial charge in [-0.05, 0) is 19.4 Å². The van der Waals surface area contributed by atoms with Gasteiger partial charge in [-0.3, -0.25) is 4.79 Å². The maximum atomic E-state index is 11.1.